The van der Waals surface area contributed by atoms with Crippen LogP contribution in [0.1, 0.15) is 70.8 Å². The van der Waals surface area contributed by atoms with Crippen LogP contribution in [-0.4, -0.2) is 32.4 Å². The lowest BCUT2D eigenvalue weighted by Gasteiger charge is -2.57. The van der Waals surface area contributed by atoms with E-state index < -0.39 is 11.8 Å². The molecule has 1 heterocycles. The van der Waals surface area contributed by atoms with Crippen LogP contribution in [0.25, 0.3) is 0 Å². The van der Waals surface area contributed by atoms with Crippen LogP contribution in [0.15, 0.2) is 12.4 Å². The number of ketones is 1. The van der Waals surface area contributed by atoms with Crippen molar-refractivity contribution in [1.29, 1.82) is 5.26 Å². The average Bonchev–Trinajstić information content (AvgIpc) is 3.30. The van der Waals surface area contributed by atoms with Crippen LogP contribution >= 0.6 is 0 Å². The van der Waals surface area contributed by atoms with Gasteiger partial charge in [0.1, 0.15) is 12.2 Å². The van der Waals surface area contributed by atoms with Gasteiger partial charge in [-0.15, -0.1) is 0 Å². The Morgan fingerprint density at radius 1 is 1.26 bits per heavy atom. The fourth-order valence-electron chi connectivity index (χ4n) is 8.40. The molecule has 0 bridgehead atoms. The van der Waals surface area contributed by atoms with Gasteiger partial charge in [-0.3, -0.25) is 9.48 Å². The van der Waals surface area contributed by atoms with E-state index in [2.05, 4.69) is 12.0 Å². The number of rotatable bonds is 3. The van der Waals surface area contributed by atoms with Crippen molar-refractivity contribution >= 4 is 5.78 Å². The molecule has 6 heteroatoms. The molecule has 0 radical (unpaired) electrons. The summed E-state index contributed by atoms with van der Waals surface area (Å²) in [4.78, 5) is 13.2. The van der Waals surface area contributed by atoms with Gasteiger partial charge in [0.25, 0.3) is 0 Å². The fraction of sp³-hybridized carbons (Fsp3) is 0.800. The molecule has 0 spiro atoms. The second kappa shape index (κ2) is 7.40. The van der Waals surface area contributed by atoms with Crippen LogP contribution in [0.4, 0.5) is 4.39 Å². The first-order valence-corrected chi connectivity index (χ1v) is 12.0. The molecule has 0 aliphatic heterocycles. The van der Waals surface area contributed by atoms with Gasteiger partial charge in [-0.2, -0.15) is 10.4 Å². The molecule has 9 atom stereocenters. The van der Waals surface area contributed by atoms with Gasteiger partial charge < -0.3 is 5.11 Å². The predicted octanol–water partition coefficient (Wildman–Crippen LogP) is 4.29. The van der Waals surface area contributed by atoms with E-state index in [1.165, 1.54) is 6.20 Å². The van der Waals surface area contributed by atoms with Crippen LogP contribution < -0.4 is 0 Å². The zero-order valence-electron chi connectivity index (χ0n) is 18.6. The summed E-state index contributed by atoms with van der Waals surface area (Å²) in [5, 5.41) is 23.7. The van der Waals surface area contributed by atoms with Crippen molar-refractivity contribution in [3.05, 3.63) is 18.0 Å². The minimum Gasteiger partial charge on any atom is -0.390 e. The Morgan fingerprint density at radius 3 is 2.81 bits per heavy atom. The molecule has 4 aliphatic rings. The molecule has 1 N–H and O–H groups in total. The molecule has 0 unspecified atom stereocenters. The molecular formula is C25H34FN3O2. The molecule has 0 amide bonds. The lowest BCUT2D eigenvalue weighted by molar-refractivity contribution is -0.143. The molecule has 31 heavy (non-hydrogen) atoms. The van der Waals surface area contributed by atoms with Gasteiger partial charge in [0.2, 0.25) is 0 Å². The van der Waals surface area contributed by atoms with Crippen LogP contribution in [-0.2, 0) is 11.3 Å². The highest BCUT2D eigenvalue weighted by Gasteiger charge is 2.61. The zero-order valence-corrected chi connectivity index (χ0v) is 18.6. The number of nitriles is 1. The predicted molar refractivity (Wildman–Crippen MR) is 113 cm³/mol. The number of alkyl halides is 1. The topological polar surface area (TPSA) is 78.9 Å². The maximum atomic E-state index is 15.9. The molecule has 0 saturated heterocycles. The maximum absolute atomic E-state index is 15.9. The average molecular weight is 428 g/mol. The van der Waals surface area contributed by atoms with Gasteiger partial charge in [0, 0.05) is 12.1 Å². The maximum Gasteiger partial charge on any atom is 0.157 e. The summed E-state index contributed by atoms with van der Waals surface area (Å²) in [7, 11) is 0. The van der Waals surface area contributed by atoms with Crippen molar-refractivity contribution < 1.29 is 14.3 Å². The van der Waals surface area contributed by atoms with E-state index in [1.54, 1.807) is 10.9 Å². The molecule has 1 aromatic rings. The third-order valence-corrected chi connectivity index (χ3v) is 9.63. The van der Waals surface area contributed by atoms with Gasteiger partial charge in [0.05, 0.1) is 23.9 Å². The van der Waals surface area contributed by atoms with Crippen molar-refractivity contribution in [2.45, 2.75) is 83.5 Å². The number of fused-ring (bicyclic) bond motifs is 5. The van der Waals surface area contributed by atoms with Gasteiger partial charge in [-0.1, -0.05) is 6.92 Å². The summed E-state index contributed by atoms with van der Waals surface area (Å²) in [5.74, 6) is 1.72. The molecular weight excluding hydrogens is 393 g/mol. The van der Waals surface area contributed by atoms with Crippen molar-refractivity contribution in [1.82, 2.24) is 9.78 Å². The summed E-state index contributed by atoms with van der Waals surface area (Å²) in [5.41, 5.74) is -0.419. The number of Topliss-reactive ketones (excluding diaryl/α,β-unsaturated/α-hetero) is 1. The van der Waals surface area contributed by atoms with E-state index in [-0.39, 0.29) is 29.6 Å². The van der Waals surface area contributed by atoms with Crippen molar-refractivity contribution in [3.8, 4) is 6.07 Å². The first-order chi connectivity index (χ1) is 14.7. The van der Waals surface area contributed by atoms with Crippen molar-refractivity contribution in [2.75, 3.05) is 0 Å². The largest absolute Gasteiger partial charge is 0.390 e. The second-order valence-electron chi connectivity index (χ2n) is 11.4. The lowest BCUT2D eigenvalue weighted by atomic mass is 9.48. The summed E-state index contributed by atoms with van der Waals surface area (Å²) >= 11 is 0. The fourth-order valence-corrected chi connectivity index (χ4v) is 8.40. The Hall–Kier alpha value is -1.74. The standard InChI is InChI=1S/C25H34FN3O2/c1-24(31)8-7-17-16(9-24)3-4-18-19-5-6-20(25(19,2)10-21(26)23(17)18)22(30)14-29-13-15(11-27)12-28-29/h12-13,16-21,23,31H,3-10,14H2,1-2H3/t16-,17+,18+,19+,20-,21+,23-,24-,25+/m1/s1. The van der Waals surface area contributed by atoms with Gasteiger partial charge >= 0.3 is 0 Å². The van der Waals surface area contributed by atoms with Crippen LogP contribution in [0, 0.1) is 52.3 Å². The first kappa shape index (κ1) is 21.1. The first-order valence-electron chi connectivity index (χ1n) is 12.0. The highest BCUT2D eigenvalue weighted by molar-refractivity contribution is 5.82. The molecule has 5 nitrogen and oxygen atoms in total. The molecule has 4 fully saturated rings. The van der Waals surface area contributed by atoms with Crippen molar-refractivity contribution in [2.24, 2.45) is 40.9 Å². The summed E-state index contributed by atoms with van der Waals surface area (Å²) in [6.07, 6.45) is 9.22. The number of hydrogen-bond acceptors (Lipinski definition) is 4. The number of halogens is 1. The Balaban J connectivity index is 1.34. The number of hydrogen-bond donors (Lipinski definition) is 1. The van der Waals surface area contributed by atoms with E-state index in [9.17, 15) is 9.90 Å². The SMILES string of the molecule is C[C@@]1(O)CC[C@H]2[C@H](CC[C@@H]3[C@@H]2[C@@H](F)C[C@]2(C)[C@@H](C(=O)Cn4cc(C#N)cn4)CC[C@@H]32)C1. The third kappa shape index (κ3) is 3.44. The smallest absolute Gasteiger partial charge is 0.157 e. The third-order valence-electron chi connectivity index (χ3n) is 9.63. The Bertz CT molecular complexity index is 905. The monoisotopic (exact) mass is 427 g/mol. The van der Waals surface area contributed by atoms with E-state index in [1.807, 2.05) is 13.0 Å². The Labute approximate surface area is 184 Å². The summed E-state index contributed by atoms with van der Waals surface area (Å²) in [6, 6.07) is 2.05. The Kier molecular flexibility index (Phi) is 5.04. The van der Waals surface area contributed by atoms with E-state index in [4.69, 9.17) is 5.26 Å². The van der Waals surface area contributed by atoms with Gasteiger partial charge in [-0.05, 0) is 93.3 Å². The highest BCUT2D eigenvalue weighted by atomic mass is 19.1. The number of aromatic nitrogens is 2. The normalized spacial score (nSPS) is 46.5. The van der Waals surface area contributed by atoms with Gasteiger partial charge in [0.15, 0.2) is 5.78 Å². The Morgan fingerprint density at radius 2 is 2.06 bits per heavy atom. The van der Waals surface area contributed by atoms with E-state index >= 15 is 4.39 Å². The minimum absolute atomic E-state index is 0.103. The van der Waals surface area contributed by atoms with E-state index in [0.717, 1.165) is 44.9 Å². The number of carbonyl (C=O) groups is 1. The minimum atomic E-state index is -0.856. The number of carbonyl (C=O) groups excluding carboxylic acids is 1. The van der Waals surface area contributed by atoms with Crippen LogP contribution in [0.2, 0.25) is 0 Å². The van der Waals surface area contributed by atoms with Gasteiger partial charge in [-0.25, -0.2) is 4.39 Å². The zero-order chi connectivity index (χ0) is 22.0. The molecule has 0 aromatic carbocycles. The second-order valence-corrected chi connectivity index (χ2v) is 11.4. The van der Waals surface area contributed by atoms with Crippen LogP contribution in [0.5, 0.6) is 0 Å². The number of aliphatic hydroxyl groups is 1. The molecule has 4 aliphatic carbocycles. The summed E-state index contributed by atoms with van der Waals surface area (Å²) in [6.45, 7) is 4.27. The molecule has 5 rings (SSSR count). The molecule has 1 aromatic heterocycles. The lowest BCUT2D eigenvalue weighted by Crippen LogP contribution is -2.55. The number of nitrogens with zero attached hydrogens (tertiary/aromatic N) is 3. The van der Waals surface area contributed by atoms with Crippen molar-refractivity contribution in [3.63, 3.8) is 0 Å². The van der Waals surface area contributed by atoms with Crippen LogP contribution in [0.3, 0.4) is 0 Å². The quantitative estimate of drug-likeness (QED) is 0.780. The van der Waals surface area contributed by atoms with E-state index in [0.29, 0.717) is 35.7 Å². The summed E-state index contributed by atoms with van der Waals surface area (Å²) < 4.78 is 17.4. The molecule has 168 valence electrons. The molecule has 4 saturated carbocycles. The highest BCUT2D eigenvalue weighted by Crippen LogP contribution is 2.65.